The van der Waals surface area contributed by atoms with Crippen LogP contribution in [0.15, 0.2) is 0 Å². The van der Waals surface area contributed by atoms with E-state index in [0.29, 0.717) is 19.8 Å². The monoisotopic (exact) mass is 244 g/mol. The van der Waals surface area contributed by atoms with Crippen LogP contribution >= 0.6 is 0 Å². The molecule has 0 amide bonds. The zero-order chi connectivity index (χ0) is 9.44. The van der Waals surface area contributed by atoms with Crippen LogP contribution in [0.5, 0.6) is 0 Å². The molecule has 0 aliphatic heterocycles. The normalized spacial score (nSPS) is 7.09. The molecule has 0 aliphatic carbocycles. The van der Waals surface area contributed by atoms with Crippen LogP contribution < -0.4 is 0 Å². The van der Waals surface area contributed by atoms with Crippen molar-refractivity contribution >= 4 is 17.7 Å². The zero-order valence-electron chi connectivity index (χ0n) is 5.95. The van der Waals surface area contributed by atoms with Crippen molar-refractivity contribution in [1.29, 1.82) is 0 Å². The van der Waals surface area contributed by atoms with Crippen molar-refractivity contribution < 1.29 is 42.3 Å². The Hall–Kier alpha value is -0.702. The van der Waals surface area contributed by atoms with Gasteiger partial charge >= 0.3 is 35.1 Å². The molecule has 0 N–H and O–H groups in total. The third-order valence-corrected chi connectivity index (χ3v) is 0.524. The van der Waals surface area contributed by atoms with Crippen molar-refractivity contribution in [2.24, 2.45) is 0 Å². The minimum atomic E-state index is -1.11. The van der Waals surface area contributed by atoms with Gasteiger partial charge < -0.3 is 4.74 Å². The first-order chi connectivity index (χ1) is 5.04. The van der Waals surface area contributed by atoms with Gasteiger partial charge in [-0.1, -0.05) is 0 Å². The quantitative estimate of drug-likeness (QED) is 0.269. The van der Waals surface area contributed by atoms with E-state index in [9.17, 15) is 14.4 Å². The molecule has 11 heavy (non-hydrogen) atoms. The third-order valence-electron chi connectivity index (χ3n) is 0.524. The van der Waals surface area contributed by atoms with Gasteiger partial charge in [-0.3, -0.25) is 9.59 Å². The molecule has 0 aliphatic rings. The second-order valence-corrected chi connectivity index (χ2v) is 1.44. The maximum absolute atomic E-state index is 10.2. The molecule has 0 saturated heterocycles. The van der Waals surface area contributed by atoms with E-state index in [1.54, 1.807) is 0 Å². The van der Waals surface area contributed by atoms with Crippen molar-refractivity contribution in [3.05, 3.63) is 0 Å². The average Bonchev–Trinajstić information content (AvgIpc) is 1.90. The van der Waals surface area contributed by atoms with Crippen LogP contribution in [0.4, 0.5) is 0 Å². The molecule has 0 aromatic heterocycles. The standard InChI is InChI=1S/C5H6O4.Mo.O/c1-3(6)5(8)9-4(2)7;;/h1-2H3;;. The van der Waals surface area contributed by atoms with Crippen LogP contribution in [0.1, 0.15) is 13.8 Å². The van der Waals surface area contributed by atoms with Crippen molar-refractivity contribution in [2.45, 2.75) is 13.8 Å². The van der Waals surface area contributed by atoms with Crippen molar-refractivity contribution in [3.8, 4) is 0 Å². The molecule has 5 nitrogen and oxygen atoms in total. The number of ether oxygens (including phenoxy) is 1. The van der Waals surface area contributed by atoms with Crippen LogP contribution in [-0.4, -0.2) is 17.7 Å². The molecule has 0 aromatic carbocycles. The fraction of sp³-hybridized carbons (Fsp3) is 0.400. The summed E-state index contributed by atoms with van der Waals surface area (Å²) in [5.74, 6) is -2.65. The fourth-order valence-electron chi connectivity index (χ4n) is 0.202. The van der Waals surface area contributed by atoms with E-state index in [1.165, 1.54) is 0 Å². The second-order valence-electron chi connectivity index (χ2n) is 1.44. The SMILES string of the molecule is CC(=O)OC(=O)C(C)=O.[O]=[Mo]. The number of carbonyl (C=O) groups excluding carboxylic acids is 3. The van der Waals surface area contributed by atoms with Gasteiger partial charge in [-0.05, 0) is 0 Å². The van der Waals surface area contributed by atoms with Gasteiger partial charge in [0.15, 0.2) is 0 Å². The van der Waals surface area contributed by atoms with Gasteiger partial charge in [0, 0.05) is 13.8 Å². The van der Waals surface area contributed by atoms with Crippen molar-refractivity contribution in [1.82, 2.24) is 0 Å². The predicted molar refractivity (Wildman–Crippen MR) is 28.1 cm³/mol. The van der Waals surface area contributed by atoms with E-state index in [1.807, 2.05) is 0 Å². The van der Waals surface area contributed by atoms with E-state index < -0.39 is 17.7 Å². The Bertz CT molecular complexity index is 176. The van der Waals surface area contributed by atoms with Crippen LogP contribution in [0.3, 0.4) is 0 Å². The molecule has 0 radical (unpaired) electrons. The molecule has 6 heteroatoms. The summed E-state index contributed by atoms with van der Waals surface area (Å²) in [6.07, 6.45) is 0. The summed E-state index contributed by atoms with van der Waals surface area (Å²) in [5.41, 5.74) is 0. The molecule has 0 aromatic rings. The number of esters is 2. The Balaban J connectivity index is 0. The van der Waals surface area contributed by atoms with Gasteiger partial charge in [-0.25, -0.2) is 4.79 Å². The predicted octanol–water partition coefficient (Wildman–Crippen LogP) is -0.456. The molecule has 0 spiro atoms. The van der Waals surface area contributed by atoms with Crippen molar-refractivity contribution in [3.63, 3.8) is 0 Å². The van der Waals surface area contributed by atoms with Crippen LogP contribution in [-0.2, 0) is 42.3 Å². The second kappa shape index (κ2) is 7.41. The third kappa shape index (κ3) is 9.30. The molecule has 0 saturated carbocycles. The number of ketones is 1. The fourth-order valence-corrected chi connectivity index (χ4v) is 0.202. The van der Waals surface area contributed by atoms with Gasteiger partial charge in [0.2, 0.25) is 5.78 Å². The number of hydrogen-bond acceptors (Lipinski definition) is 5. The van der Waals surface area contributed by atoms with Gasteiger partial charge in [-0.2, -0.15) is 0 Å². The minimum absolute atomic E-state index is 0.700. The van der Waals surface area contributed by atoms with E-state index in [2.05, 4.69) is 4.74 Å². The Morgan fingerprint density at radius 1 is 1.09 bits per heavy atom. The molecule has 0 unspecified atom stereocenters. The molecule has 0 bridgehead atoms. The van der Waals surface area contributed by atoms with Crippen LogP contribution in [0, 0.1) is 0 Å². The first-order valence-corrected chi connectivity index (χ1v) is 3.26. The maximum atomic E-state index is 10.2. The topological polar surface area (TPSA) is 77.5 Å². The summed E-state index contributed by atoms with van der Waals surface area (Å²) in [6.45, 7) is 2.09. The van der Waals surface area contributed by atoms with Crippen molar-refractivity contribution in [2.75, 3.05) is 0 Å². The summed E-state index contributed by atoms with van der Waals surface area (Å²) in [4.78, 5) is 30.2. The van der Waals surface area contributed by atoms with Gasteiger partial charge in [0.25, 0.3) is 0 Å². The summed E-state index contributed by atoms with van der Waals surface area (Å²) in [6, 6.07) is 0. The molecular weight excluding hydrogens is 236 g/mol. The first kappa shape index (κ1) is 12.9. The number of Topliss-reactive ketones (excluding diaryl/α,β-unsaturated/α-hetero) is 1. The molecule has 0 rings (SSSR count). The van der Waals surface area contributed by atoms with E-state index in [-0.39, 0.29) is 0 Å². The summed E-state index contributed by atoms with van der Waals surface area (Å²) < 4.78 is 12.1. The molecule has 0 heterocycles. The van der Waals surface area contributed by atoms with Crippen LogP contribution in [0.25, 0.3) is 0 Å². The van der Waals surface area contributed by atoms with E-state index in [0.717, 1.165) is 13.8 Å². The summed E-state index contributed by atoms with van der Waals surface area (Å²) in [7, 11) is 0. The Morgan fingerprint density at radius 2 is 1.45 bits per heavy atom. The number of hydrogen-bond donors (Lipinski definition) is 0. The molecule has 0 atom stereocenters. The Labute approximate surface area is 74.3 Å². The average molecular weight is 242 g/mol. The van der Waals surface area contributed by atoms with E-state index >= 15 is 0 Å². The van der Waals surface area contributed by atoms with Crippen LogP contribution in [0.2, 0.25) is 0 Å². The Morgan fingerprint density at radius 3 is 1.55 bits per heavy atom. The first-order valence-electron chi connectivity index (χ1n) is 2.44. The summed E-state index contributed by atoms with van der Waals surface area (Å²) in [5, 5.41) is 0. The number of carbonyl (C=O) groups is 3. The zero-order valence-corrected chi connectivity index (χ0v) is 7.96. The molecule has 62 valence electrons. The van der Waals surface area contributed by atoms with E-state index in [4.69, 9.17) is 3.40 Å². The van der Waals surface area contributed by atoms with Gasteiger partial charge in [0.1, 0.15) is 0 Å². The van der Waals surface area contributed by atoms with Gasteiger partial charge in [0.05, 0.1) is 0 Å². The molecular formula is C5H6MoO5. The Kier molecular flexibility index (Phi) is 8.71. The summed E-state index contributed by atoms with van der Waals surface area (Å²) >= 11 is 0.700. The number of rotatable bonds is 1. The molecule has 0 fully saturated rings. The van der Waals surface area contributed by atoms with Gasteiger partial charge in [-0.15, -0.1) is 0 Å².